The summed E-state index contributed by atoms with van der Waals surface area (Å²) in [6, 6.07) is 1.63. The third-order valence-corrected chi connectivity index (χ3v) is 3.69. The highest BCUT2D eigenvalue weighted by Crippen LogP contribution is 2.33. The van der Waals surface area contributed by atoms with Crippen LogP contribution in [0.25, 0.3) is 0 Å². The maximum Gasteiger partial charge on any atom is 0.207 e. The Morgan fingerprint density at radius 3 is 2.21 bits per heavy atom. The van der Waals surface area contributed by atoms with Crippen molar-refractivity contribution in [2.75, 3.05) is 13.1 Å². The number of amides is 1. The molecule has 0 saturated carbocycles. The summed E-state index contributed by atoms with van der Waals surface area (Å²) in [4.78, 5) is 12.8. The monoisotopic (exact) mass is 196 g/mol. The van der Waals surface area contributed by atoms with Crippen LogP contribution in [0, 0.1) is 0 Å². The Morgan fingerprint density at radius 2 is 1.71 bits per heavy atom. The van der Waals surface area contributed by atoms with E-state index in [1.54, 1.807) is 0 Å². The van der Waals surface area contributed by atoms with E-state index >= 15 is 0 Å². The summed E-state index contributed by atoms with van der Waals surface area (Å²) < 4.78 is 0. The van der Waals surface area contributed by atoms with Crippen molar-refractivity contribution in [3.05, 3.63) is 0 Å². The quantitative estimate of drug-likeness (QED) is 0.540. The van der Waals surface area contributed by atoms with Gasteiger partial charge in [-0.1, -0.05) is 12.8 Å². The average molecular weight is 196 g/mol. The molecule has 0 radical (unpaired) electrons. The van der Waals surface area contributed by atoms with E-state index in [-0.39, 0.29) is 0 Å². The van der Waals surface area contributed by atoms with Crippen LogP contribution < -0.4 is 5.32 Å². The standard InChI is InChI=1S/C11H20N2O/c14-9-12-7-8-13-10-3-1-4-11(13)6-2-5-10/h9-11H,1-8H2,(H,12,14). The molecule has 14 heavy (non-hydrogen) atoms. The minimum Gasteiger partial charge on any atom is -0.357 e. The fourth-order valence-corrected chi connectivity index (χ4v) is 3.05. The predicted octanol–water partition coefficient (Wildman–Crippen LogP) is 1.14. The van der Waals surface area contributed by atoms with Gasteiger partial charge in [0.1, 0.15) is 0 Å². The molecule has 0 aromatic heterocycles. The molecule has 0 spiro atoms. The number of fused-ring (bicyclic) bond motifs is 2. The Morgan fingerprint density at radius 1 is 1.14 bits per heavy atom. The Labute approximate surface area is 85.8 Å². The summed E-state index contributed by atoms with van der Waals surface area (Å²) in [6.07, 6.45) is 9.12. The lowest BCUT2D eigenvalue weighted by Crippen LogP contribution is -2.51. The first kappa shape index (κ1) is 9.97. The minimum absolute atomic E-state index is 0.805. The highest BCUT2D eigenvalue weighted by Gasteiger charge is 2.32. The molecular formula is C11H20N2O. The number of hydrogen-bond donors (Lipinski definition) is 1. The van der Waals surface area contributed by atoms with E-state index in [4.69, 9.17) is 0 Å². The van der Waals surface area contributed by atoms with E-state index in [0.717, 1.165) is 31.6 Å². The molecule has 2 heterocycles. The predicted molar refractivity (Wildman–Crippen MR) is 56.1 cm³/mol. The van der Waals surface area contributed by atoms with E-state index in [9.17, 15) is 4.79 Å². The molecule has 2 aliphatic rings. The normalized spacial score (nSPS) is 32.6. The number of piperidine rings is 2. The Balaban J connectivity index is 1.85. The van der Waals surface area contributed by atoms with E-state index in [0.29, 0.717) is 0 Å². The average Bonchev–Trinajstić information content (AvgIpc) is 2.17. The maximum atomic E-state index is 10.2. The fraction of sp³-hybridized carbons (Fsp3) is 0.909. The van der Waals surface area contributed by atoms with Crippen LogP contribution in [0.15, 0.2) is 0 Å². The summed E-state index contributed by atoms with van der Waals surface area (Å²) in [5.74, 6) is 0. The number of carbonyl (C=O) groups is 1. The number of hydrogen-bond acceptors (Lipinski definition) is 2. The Bertz CT molecular complexity index is 174. The summed E-state index contributed by atoms with van der Waals surface area (Å²) in [5.41, 5.74) is 0. The van der Waals surface area contributed by atoms with Gasteiger partial charge in [-0.25, -0.2) is 0 Å². The van der Waals surface area contributed by atoms with Gasteiger partial charge in [0.05, 0.1) is 0 Å². The third-order valence-electron chi connectivity index (χ3n) is 3.69. The first-order chi connectivity index (χ1) is 6.92. The topological polar surface area (TPSA) is 32.3 Å². The van der Waals surface area contributed by atoms with Crippen LogP contribution in [0.2, 0.25) is 0 Å². The number of nitrogens with zero attached hydrogens (tertiary/aromatic N) is 1. The van der Waals surface area contributed by atoms with Crippen LogP contribution in [-0.2, 0) is 4.79 Å². The van der Waals surface area contributed by atoms with Crippen molar-refractivity contribution in [1.29, 1.82) is 0 Å². The van der Waals surface area contributed by atoms with Crippen molar-refractivity contribution in [2.24, 2.45) is 0 Å². The van der Waals surface area contributed by atoms with Gasteiger partial charge in [-0.05, 0) is 25.7 Å². The minimum atomic E-state index is 0.805. The molecular weight excluding hydrogens is 176 g/mol. The van der Waals surface area contributed by atoms with Crippen LogP contribution >= 0.6 is 0 Å². The van der Waals surface area contributed by atoms with Crippen molar-refractivity contribution in [3.8, 4) is 0 Å². The van der Waals surface area contributed by atoms with Crippen LogP contribution in [0.1, 0.15) is 38.5 Å². The van der Waals surface area contributed by atoms with Gasteiger partial charge in [0.2, 0.25) is 6.41 Å². The second kappa shape index (κ2) is 4.78. The number of nitrogens with one attached hydrogen (secondary N) is 1. The molecule has 3 nitrogen and oxygen atoms in total. The molecule has 2 aliphatic heterocycles. The number of carbonyl (C=O) groups excluding carboxylic acids is 1. The largest absolute Gasteiger partial charge is 0.357 e. The summed E-state index contributed by atoms with van der Waals surface area (Å²) >= 11 is 0. The van der Waals surface area contributed by atoms with E-state index in [2.05, 4.69) is 10.2 Å². The van der Waals surface area contributed by atoms with Gasteiger partial charge in [0.25, 0.3) is 0 Å². The van der Waals surface area contributed by atoms with Crippen LogP contribution in [0.5, 0.6) is 0 Å². The first-order valence-corrected chi connectivity index (χ1v) is 5.84. The second-order valence-electron chi connectivity index (χ2n) is 4.48. The third kappa shape index (κ3) is 2.08. The van der Waals surface area contributed by atoms with E-state index in [1.807, 2.05) is 0 Å². The summed E-state index contributed by atoms with van der Waals surface area (Å²) in [7, 11) is 0. The van der Waals surface area contributed by atoms with Crippen LogP contribution in [0.3, 0.4) is 0 Å². The van der Waals surface area contributed by atoms with E-state index in [1.165, 1.54) is 38.5 Å². The van der Waals surface area contributed by atoms with Gasteiger partial charge in [0, 0.05) is 25.2 Å². The van der Waals surface area contributed by atoms with Crippen LogP contribution in [-0.4, -0.2) is 36.5 Å². The molecule has 2 rings (SSSR count). The highest BCUT2D eigenvalue weighted by molar-refractivity contribution is 5.45. The second-order valence-corrected chi connectivity index (χ2v) is 4.48. The number of rotatable bonds is 4. The zero-order valence-electron chi connectivity index (χ0n) is 8.74. The SMILES string of the molecule is O=CNCCN1C2CCCC1CCC2. The van der Waals surface area contributed by atoms with Crippen LogP contribution in [0.4, 0.5) is 0 Å². The molecule has 0 aliphatic carbocycles. The van der Waals surface area contributed by atoms with Gasteiger partial charge in [-0.2, -0.15) is 0 Å². The zero-order valence-corrected chi connectivity index (χ0v) is 8.74. The molecule has 0 aromatic carbocycles. The maximum absolute atomic E-state index is 10.2. The van der Waals surface area contributed by atoms with Gasteiger partial charge in [0.15, 0.2) is 0 Å². The Hall–Kier alpha value is -0.570. The molecule has 0 atom stereocenters. The lowest BCUT2D eigenvalue weighted by Gasteiger charge is -2.46. The molecule has 2 fully saturated rings. The smallest absolute Gasteiger partial charge is 0.207 e. The highest BCUT2D eigenvalue weighted by atomic mass is 16.1. The van der Waals surface area contributed by atoms with Crippen molar-refractivity contribution >= 4 is 6.41 Å². The first-order valence-electron chi connectivity index (χ1n) is 5.84. The fourth-order valence-electron chi connectivity index (χ4n) is 3.05. The van der Waals surface area contributed by atoms with Crippen molar-refractivity contribution in [2.45, 2.75) is 50.6 Å². The zero-order chi connectivity index (χ0) is 9.80. The molecule has 1 N–H and O–H groups in total. The summed E-state index contributed by atoms with van der Waals surface area (Å²) in [5, 5.41) is 2.76. The van der Waals surface area contributed by atoms with Gasteiger partial charge < -0.3 is 5.32 Å². The van der Waals surface area contributed by atoms with Crippen molar-refractivity contribution < 1.29 is 4.79 Å². The van der Waals surface area contributed by atoms with Gasteiger partial charge >= 0.3 is 0 Å². The molecule has 2 bridgehead atoms. The van der Waals surface area contributed by atoms with Gasteiger partial charge in [-0.15, -0.1) is 0 Å². The lowest BCUT2D eigenvalue weighted by molar-refractivity contribution is -0.109. The van der Waals surface area contributed by atoms with E-state index < -0.39 is 0 Å². The molecule has 1 amide bonds. The molecule has 0 unspecified atom stereocenters. The molecule has 80 valence electrons. The summed E-state index contributed by atoms with van der Waals surface area (Å²) in [6.45, 7) is 1.87. The molecule has 0 aromatic rings. The van der Waals surface area contributed by atoms with Crippen molar-refractivity contribution in [1.82, 2.24) is 10.2 Å². The van der Waals surface area contributed by atoms with Crippen molar-refractivity contribution in [3.63, 3.8) is 0 Å². The molecule has 3 heteroatoms. The van der Waals surface area contributed by atoms with Gasteiger partial charge in [-0.3, -0.25) is 9.69 Å². The lowest BCUT2D eigenvalue weighted by atomic mass is 9.84. The Kier molecular flexibility index (Phi) is 3.40. The molecule has 2 saturated heterocycles.